The van der Waals surface area contributed by atoms with Gasteiger partial charge in [0.15, 0.2) is 0 Å². The summed E-state index contributed by atoms with van der Waals surface area (Å²) < 4.78 is 20.7. The van der Waals surface area contributed by atoms with Gasteiger partial charge in [0.25, 0.3) is 0 Å². The van der Waals surface area contributed by atoms with Crippen molar-refractivity contribution in [3.05, 3.63) is 95.4 Å². The number of nitrogens with one attached hydrogen (secondary N) is 2. The summed E-state index contributed by atoms with van der Waals surface area (Å²) in [5, 5.41) is 4.38. The molecule has 2 N–H and O–H groups in total. The number of aromatic nitrogens is 1. The minimum Gasteiger partial charge on any atom is -0.378 e. The van der Waals surface area contributed by atoms with Crippen LogP contribution in [0.25, 0.3) is 10.9 Å². The normalized spacial score (nSPS) is 21.5. The first kappa shape index (κ1) is 32.7. The monoisotopic (exact) mass is 668 g/mol. The van der Waals surface area contributed by atoms with Gasteiger partial charge in [-0.3, -0.25) is 9.59 Å². The minimum atomic E-state index is -1.10. The van der Waals surface area contributed by atoms with Gasteiger partial charge in [0.05, 0.1) is 13.2 Å². The molecule has 0 radical (unpaired) electrons. The average molecular weight is 669 g/mol. The van der Waals surface area contributed by atoms with Crippen LogP contribution in [-0.4, -0.2) is 65.0 Å². The summed E-state index contributed by atoms with van der Waals surface area (Å²) in [5.41, 5.74) is 4.50. The summed E-state index contributed by atoms with van der Waals surface area (Å²) in [6.07, 6.45) is 1.31. The second-order valence-corrected chi connectivity index (χ2v) is 15.4. The quantitative estimate of drug-likeness (QED) is 0.193. The molecule has 2 saturated heterocycles. The Kier molecular flexibility index (Phi) is 9.02. The molecule has 3 fully saturated rings. The Morgan fingerprint density at radius 3 is 2.42 bits per heavy atom. The van der Waals surface area contributed by atoms with E-state index >= 15 is 4.39 Å². The van der Waals surface area contributed by atoms with E-state index in [1.165, 1.54) is 17.0 Å². The van der Waals surface area contributed by atoms with E-state index in [2.05, 4.69) is 54.2 Å². The molecular weight excluding hydrogens is 624 g/mol. The van der Waals surface area contributed by atoms with Crippen molar-refractivity contribution in [2.24, 2.45) is 11.3 Å². The van der Waals surface area contributed by atoms with E-state index in [4.69, 9.17) is 4.74 Å². The first-order valence-corrected chi connectivity index (χ1v) is 18.3. The molecule has 0 bridgehead atoms. The number of ether oxygens (including phenoxy) is 1. The summed E-state index contributed by atoms with van der Waals surface area (Å²) in [7, 11) is 0. The molecule has 1 aromatic heterocycles. The van der Waals surface area contributed by atoms with Crippen molar-refractivity contribution in [1.29, 1.82) is 0 Å². The third-order valence-corrected chi connectivity index (χ3v) is 12.0. The second kappa shape index (κ2) is 13.2. The van der Waals surface area contributed by atoms with Crippen LogP contribution in [0.15, 0.2) is 72.8 Å². The number of carbonyl (C=O) groups is 2. The molecule has 48 heavy (non-hydrogen) atoms. The van der Waals surface area contributed by atoms with Crippen LogP contribution in [0.1, 0.15) is 55.8 Å². The molecule has 4 aromatic rings. The number of hydrogen-bond donors (Lipinski definition) is 2. The van der Waals surface area contributed by atoms with E-state index in [9.17, 15) is 9.59 Å². The number of para-hydroxylation sites is 1. The van der Waals surface area contributed by atoms with Gasteiger partial charge in [-0.25, -0.2) is 4.39 Å². The molecule has 3 aliphatic rings. The molecule has 3 heterocycles. The van der Waals surface area contributed by atoms with Crippen LogP contribution in [-0.2, 0) is 20.9 Å². The highest BCUT2D eigenvalue weighted by molar-refractivity contribution is 7.99. The van der Waals surface area contributed by atoms with Gasteiger partial charge < -0.3 is 24.8 Å². The highest BCUT2D eigenvalue weighted by atomic mass is 32.2. The highest BCUT2D eigenvalue weighted by Crippen LogP contribution is 2.67. The van der Waals surface area contributed by atoms with Gasteiger partial charge in [-0.2, -0.15) is 11.8 Å². The van der Waals surface area contributed by atoms with Crippen LogP contribution in [0.4, 0.5) is 15.8 Å². The molecule has 9 heteroatoms. The van der Waals surface area contributed by atoms with Crippen molar-refractivity contribution < 1.29 is 18.7 Å². The number of morpholine rings is 1. The largest absolute Gasteiger partial charge is 0.378 e. The number of fused-ring (bicyclic) bond motifs is 1. The molecule has 252 valence electrons. The standard InChI is InChI=1S/C39H45FN4O3S/c1-26-35(30-9-5-7-11-33(30)41-26)36-31(38(36,2)3)24-34(45)44(25-27-8-4-6-10-32(27)40)39(16-22-48-23-17-39)37(46)42-28-12-14-29(15-13-28)43-18-20-47-21-19-43/h4-15,31,36,41H,16-25H2,1-3H3,(H,42,46)/t31-,36-/m0/s1. The lowest BCUT2D eigenvalue weighted by Gasteiger charge is -2.45. The van der Waals surface area contributed by atoms with E-state index in [0.717, 1.165) is 41.5 Å². The van der Waals surface area contributed by atoms with Crippen LogP contribution < -0.4 is 10.2 Å². The van der Waals surface area contributed by atoms with Gasteiger partial charge >= 0.3 is 0 Å². The van der Waals surface area contributed by atoms with Crippen LogP contribution in [0, 0.1) is 24.1 Å². The fraction of sp³-hybridized carbons (Fsp3) is 0.436. The van der Waals surface area contributed by atoms with Crippen LogP contribution in [0.5, 0.6) is 0 Å². The number of anilines is 2. The second-order valence-electron chi connectivity index (χ2n) is 14.1. The third kappa shape index (κ3) is 6.11. The Morgan fingerprint density at radius 1 is 1.00 bits per heavy atom. The van der Waals surface area contributed by atoms with Crippen molar-refractivity contribution in [3.8, 4) is 0 Å². The van der Waals surface area contributed by atoms with E-state index in [1.54, 1.807) is 34.9 Å². The van der Waals surface area contributed by atoms with Gasteiger partial charge in [0, 0.05) is 59.6 Å². The molecule has 0 unspecified atom stereocenters. The Morgan fingerprint density at radius 2 is 1.69 bits per heavy atom. The van der Waals surface area contributed by atoms with E-state index in [-0.39, 0.29) is 41.4 Å². The summed E-state index contributed by atoms with van der Waals surface area (Å²) in [4.78, 5) is 36.8. The SMILES string of the molecule is Cc1[nH]c2ccccc2c1[C@@H]1[C@H](CC(=O)N(Cc2ccccc2F)C2(C(=O)Nc3ccc(N4CCOCC4)cc3)CCSCC2)C1(C)C. The smallest absolute Gasteiger partial charge is 0.250 e. The number of rotatable bonds is 9. The molecule has 7 nitrogen and oxygen atoms in total. The number of aryl methyl sites for hydroxylation is 1. The zero-order valence-corrected chi connectivity index (χ0v) is 28.9. The lowest BCUT2D eigenvalue weighted by molar-refractivity contribution is -0.147. The maximum Gasteiger partial charge on any atom is 0.250 e. The number of benzene rings is 3. The van der Waals surface area contributed by atoms with Gasteiger partial charge in [-0.05, 0) is 90.5 Å². The van der Waals surface area contributed by atoms with Crippen molar-refractivity contribution in [3.63, 3.8) is 0 Å². The van der Waals surface area contributed by atoms with E-state index in [0.29, 0.717) is 43.7 Å². The molecule has 3 aromatic carbocycles. The molecule has 2 atom stereocenters. The van der Waals surface area contributed by atoms with Gasteiger partial charge in [-0.1, -0.05) is 50.2 Å². The fourth-order valence-electron chi connectivity index (χ4n) is 8.12. The van der Waals surface area contributed by atoms with E-state index < -0.39 is 5.54 Å². The zero-order chi connectivity index (χ0) is 33.5. The van der Waals surface area contributed by atoms with Gasteiger partial charge in [0.1, 0.15) is 11.4 Å². The molecule has 2 amide bonds. The van der Waals surface area contributed by atoms with Gasteiger partial charge in [0.2, 0.25) is 11.8 Å². The summed E-state index contributed by atoms with van der Waals surface area (Å²) in [6, 6.07) is 22.8. The molecule has 0 spiro atoms. The van der Waals surface area contributed by atoms with Crippen molar-refractivity contribution in [2.45, 2.75) is 58.0 Å². The number of amides is 2. The average Bonchev–Trinajstić information content (AvgIpc) is 3.45. The van der Waals surface area contributed by atoms with Crippen molar-refractivity contribution >= 4 is 45.9 Å². The van der Waals surface area contributed by atoms with Crippen molar-refractivity contribution in [1.82, 2.24) is 9.88 Å². The Labute approximate surface area is 286 Å². The number of aromatic amines is 1. The first-order chi connectivity index (χ1) is 23.2. The summed E-state index contributed by atoms with van der Waals surface area (Å²) >= 11 is 1.79. The van der Waals surface area contributed by atoms with Crippen LogP contribution >= 0.6 is 11.8 Å². The summed E-state index contributed by atoms with van der Waals surface area (Å²) in [5.74, 6) is 1.12. The number of hydrogen-bond acceptors (Lipinski definition) is 5. The lowest BCUT2D eigenvalue weighted by Crippen LogP contribution is -2.60. The molecule has 1 aliphatic carbocycles. The Balaban J connectivity index is 1.18. The predicted octanol–water partition coefficient (Wildman–Crippen LogP) is 7.52. The van der Waals surface area contributed by atoms with Crippen LogP contribution in [0.3, 0.4) is 0 Å². The zero-order valence-electron chi connectivity index (χ0n) is 28.1. The molecule has 7 rings (SSSR count). The predicted molar refractivity (Wildman–Crippen MR) is 192 cm³/mol. The maximum atomic E-state index is 15.2. The molecular formula is C39H45FN4O3S. The Bertz CT molecular complexity index is 1790. The highest BCUT2D eigenvalue weighted by Gasteiger charge is 2.60. The van der Waals surface area contributed by atoms with Gasteiger partial charge in [-0.15, -0.1) is 0 Å². The molecule has 2 aliphatic heterocycles. The minimum absolute atomic E-state index is 0.0451. The fourth-order valence-corrected chi connectivity index (χ4v) is 9.29. The van der Waals surface area contributed by atoms with Crippen molar-refractivity contribution in [2.75, 3.05) is 48.0 Å². The first-order valence-electron chi connectivity index (χ1n) is 17.1. The van der Waals surface area contributed by atoms with E-state index in [1.807, 2.05) is 30.3 Å². The topological polar surface area (TPSA) is 77.7 Å². The number of thioether (sulfide) groups is 1. The number of carbonyl (C=O) groups excluding carboxylic acids is 2. The number of H-pyrrole nitrogens is 1. The Hall–Kier alpha value is -3.82. The lowest BCUT2D eigenvalue weighted by atomic mass is 9.87. The van der Waals surface area contributed by atoms with Crippen LogP contribution in [0.2, 0.25) is 0 Å². The number of halogens is 1. The maximum absolute atomic E-state index is 15.2. The number of nitrogens with zero attached hydrogens (tertiary/aromatic N) is 2. The molecule has 1 saturated carbocycles. The third-order valence-electron chi connectivity index (χ3n) is 11.0. The summed E-state index contributed by atoms with van der Waals surface area (Å²) in [6.45, 7) is 9.69.